The fraction of sp³-hybridized carbons (Fsp3) is 0.333. The van der Waals surface area contributed by atoms with Gasteiger partial charge in [-0.25, -0.2) is 0 Å². The highest BCUT2D eigenvalue weighted by Gasteiger charge is 2.25. The Labute approximate surface area is 151 Å². The molecule has 2 amide bonds. The van der Waals surface area contributed by atoms with E-state index in [2.05, 4.69) is 10.6 Å². The molecule has 0 spiro atoms. The molecule has 2 aromatic rings. The molecule has 0 unspecified atom stereocenters. The molecule has 2 rings (SSSR count). The third kappa shape index (κ3) is 5.83. The van der Waals surface area contributed by atoms with Gasteiger partial charge in [0.25, 0.3) is 5.91 Å². The molecule has 1 atom stereocenters. The molecule has 2 N–H and O–H groups in total. The molecule has 1 aromatic carbocycles. The molecule has 25 heavy (non-hydrogen) atoms. The van der Waals surface area contributed by atoms with Crippen molar-refractivity contribution in [3.63, 3.8) is 0 Å². The first-order chi connectivity index (χ1) is 12.0. The zero-order valence-corrected chi connectivity index (χ0v) is 14.9. The Hall–Kier alpha value is -2.47. The van der Waals surface area contributed by atoms with Crippen LogP contribution in [0.4, 0.5) is 0 Å². The van der Waals surface area contributed by atoms with Crippen molar-refractivity contribution in [3.05, 3.63) is 53.4 Å². The Morgan fingerprint density at radius 2 is 1.92 bits per heavy atom. The lowest BCUT2D eigenvalue weighted by atomic mass is 10.0. The first-order valence-corrected chi connectivity index (χ1v) is 8.35. The SMILES string of the molecule is CC(C)[C@H](NC(=O)c1ccco1)C(=O)NCCOc1ccc(Cl)cc1. The maximum absolute atomic E-state index is 12.3. The van der Waals surface area contributed by atoms with Gasteiger partial charge in [0.05, 0.1) is 12.8 Å². The van der Waals surface area contributed by atoms with E-state index in [9.17, 15) is 9.59 Å². The van der Waals surface area contributed by atoms with Crippen LogP contribution in [-0.4, -0.2) is 31.0 Å². The Morgan fingerprint density at radius 1 is 1.20 bits per heavy atom. The highest BCUT2D eigenvalue weighted by Crippen LogP contribution is 2.15. The Kier molecular flexibility index (Phi) is 6.89. The minimum absolute atomic E-state index is 0.0731. The smallest absolute Gasteiger partial charge is 0.287 e. The molecule has 1 aromatic heterocycles. The summed E-state index contributed by atoms with van der Waals surface area (Å²) in [6.07, 6.45) is 1.41. The second kappa shape index (κ2) is 9.13. The van der Waals surface area contributed by atoms with E-state index in [0.717, 1.165) is 0 Å². The molecular weight excluding hydrogens is 344 g/mol. The molecule has 0 aliphatic heterocycles. The van der Waals surface area contributed by atoms with Crippen molar-refractivity contribution < 1.29 is 18.7 Å². The normalized spacial score (nSPS) is 11.8. The van der Waals surface area contributed by atoms with E-state index >= 15 is 0 Å². The van der Waals surface area contributed by atoms with Crippen molar-refractivity contribution in [1.29, 1.82) is 0 Å². The summed E-state index contributed by atoms with van der Waals surface area (Å²) in [5.74, 6) is 0.0803. The van der Waals surface area contributed by atoms with Crippen molar-refractivity contribution in [1.82, 2.24) is 10.6 Å². The number of hydrogen-bond acceptors (Lipinski definition) is 4. The number of furan rings is 1. The van der Waals surface area contributed by atoms with Crippen molar-refractivity contribution in [2.45, 2.75) is 19.9 Å². The maximum Gasteiger partial charge on any atom is 0.287 e. The fourth-order valence-corrected chi connectivity index (χ4v) is 2.26. The molecule has 134 valence electrons. The predicted octanol–water partition coefficient (Wildman–Crippen LogP) is 2.88. The summed E-state index contributed by atoms with van der Waals surface area (Å²) in [5.41, 5.74) is 0. The molecule has 0 saturated heterocycles. The standard InChI is InChI=1S/C18H21ClN2O4/c1-12(2)16(21-17(22)15-4-3-10-25-15)18(23)20-9-11-24-14-7-5-13(19)6-8-14/h3-8,10,12,16H,9,11H2,1-2H3,(H,20,23)(H,21,22)/t16-/m0/s1. The summed E-state index contributed by atoms with van der Waals surface area (Å²) in [7, 11) is 0. The van der Waals surface area contributed by atoms with Gasteiger partial charge in [-0.1, -0.05) is 25.4 Å². The average Bonchev–Trinajstić information content (AvgIpc) is 3.12. The van der Waals surface area contributed by atoms with Crippen LogP contribution in [0.1, 0.15) is 24.4 Å². The van der Waals surface area contributed by atoms with Gasteiger partial charge < -0.3 is 19.8 Å². The Morgan fingerprint density at radius 3 is 2.52 bits per heavy atom. The molecule has 0 saturated carbocycles. The van der Waals surface area contributed by atoms with Crippen LogP contribution in [0.25, 0.3) is 0 Å². The van der Waals surface area contributed by atoms with E-state index in [1.54, 1.807) is 36.4 Å². The summed E-state index contributed by atoms with van der Waals surface area (Å²) < 4.78 is 10.6. The average molecular weight is 365 g/mol. The number of benzene rings is 1. The molecule has 0 fully saturated rings. The molecule has 0 aliphatic carbocycles. The lowest BCUT2D eigenvalue weighted by molar-refractivity contribution is -0.124. The first-order valence-electron chi connectivity index (χ1n) is 7.98. The second-order valence-electron chi connectivity index (χ2n) is 5.77. The lowest BCUT2D eigenvalue weighted by Gasteiger charge is -2.21. The van der Waals surface area contributed by atoms with E-state index in [0.29, 0.717) is 23.9 Å². The van der Waals surface area contributed by atoms with Gasteiger partial charge in [-0.3, -0.25) is 9.59 Å². The van der Waals surface area contributed by atoms with Gasteiger partial charge in [-0.2, -0.15) is 0 Å². The van der Waals surface area contributed by atoms with Crippen LogP contribution in [0.2, 0.25) is 5.02 Å². The van der Waals surface area contributed by atoms with Crippen molar-refractivity contribution in [2.24, 2.45) is 5.92 Å². The summed E-state index contributed by atoms with van der Waals surface area (Å²) in [6, 6.07) is 9.48. The molecule has 0 radical (unpaired) electrons. The minimum atomic E-state index is -0.659. The van der Waals surface area contributed by atoms with E-state index in [1.165, 1.54) is 6.26 Å². The summed E-state index contributed by atoms with van der Waals surface area (Å²) in [6.45, 7) is 4.35. The van der Waals surface area contributed by atoms with Crippen LogP contribution >= 0.6 is 11.6 Å². The number of carbonyl (C=O) groups is 2. The van der Waals surface area contributed by atoms with Gasteiger partial charge in [0.1, 0.15) is 18.4 Å². The summed E-state index contributed by atoms with van der Waals surface area (Å²) >= 11 is 5.80. The number of amides is 2. The van der Waals surface area contributed by atoms with Crippen molar-refractivity contribution in [3.8, 4) is 5.75 Å². The number of hydrogen-bond donors (Lipinski definition) is 2. The van der Waals surface area contributed by atoms with Crippen LogP contribution < -0.4 is 15.4 Å². The van der Waals surface area contributed by atoms with Crippen LogP contribution in [-0.2, 0) is 4.79 Å². The van der Waals surface area contributed by atoms with Gasteiger partial charge in [-0.15, -0.1) is 0 Å². The minimum Gasteiger partial charge on any atom is -0.492 e. The monoisotopic (exact) mass is 364 g/mol. The van der Waals surface area contributed by atoms with Crippen LogP contribution in [0.15, 0.2) is 47.1 Å². The van der Waals surface area contributed by atoms with E-state index < -0.39 is 11.9 Å². The number of ether oxygens (including phenoxy) is 1. The van der Waals surface area contributed by atoms with Gasteiger partial charge in [0, 0.05) is 5.02 Å². The lowest BCUT2D eigenvalue weighted by Crippen LogP contribution is -2.50. The zero-order valence-electron chi connectivity index (χ0n) is 14.1. The van der Waals surface area contributed by atoms with Gasteiger partial charge in [-0.05, 0) is 42.3 Å². The fourth-order valence-electron chi connectivity index (χ4n) is 2.14. The molecule has 6 nitrogen and oxygen atoms in total. The van der Waals surface area contributed by atoms with Crippen LogP contribution in [0.5, 0.6) is 5.75 Å². The Bertz CT molecular complexity index is 684. The number of halogens is 1. The van der Waals surface area contributed by atoms with Crippen LogP contribution in [0.3, 0.4) is 0 Å². The molecule has 1 heterocycles. The zero-order chi connectivity index (χ0) is 18.2. The molecule has 7 heteroatoms. The number of carbonyl (C=O) groups excluding carboxylic acids is 2. The maximum atomic E-state index is 12.3. The van der Waals surface area contributed by atoms with Crippen molar-refractivity contribution >= 4 is 23.4 Å². The van der Waals surface area contributed by atoms with Gasteiger partial charge in [0.2, 0.25) is 5.91 Å². The quantitative estimate of drug-likeness (QED) is 0.706. The van der Waals surface area contributed by atoms with E-state index in [1.807, 2.05) is 13.8 Å². The largest absolute Gasteiger partial charge is 0.492 e. The van der Waals surface area contributed by atoms with Gasteiger partial charge in [0.15, 0.2) is 5.76 Å². The number of nitrogens with one attached hydrogen (secondary N) is 2. The number of rotatable bonds is 8. The summed E-state index contributed by atoms with van der Waals surface area (Å²) in [4.78, 5) is 24.4. The molecular formula is C18H21ClN2O4. The van der Waals surface area contributed by atoms with E-state index in [-0.39, 0.29) is 17.6 Å². The highest BCUT2D eigenvalue weighted by atomic mass is 35.5. The first kappa shape index (κ1) is 18.9. The van der Waals surface area contributed by atoms with Crippen LogP contribution in [0, 0.1) is 5.92 Å². The van der Waals surface area contributed by atoms with Gasteiger partial charge >= 0.3 is 0 Å². The third-order valence-corrected chi connectivity index (χ3v) is 3.72. The molecule has 0 aliphatic rings. The van der Waals surface area contributed by atoms with Crippen molar-refractivity contribution in [2.75, 3.05) is 13.2 Å². The Balaban J connectivity index is 1.79. The van der Waals surface area contributed by atoms with E-state index in [4.69, 9.17) is 20.8 Å². The highest BCUT2D eigenvalue weighted by molar-refractivity contribution is 6.30. The summed E-state index contributed by atoms with van der Waals surface area (Å²) in [5, 5.41) is 6.08. The third-order valence-electron chi connectivity index (χ3n) is 3.46. The predicted molar refractivity (Wildman–Crippen MR) is 94.8 cm³/mol. The second-order valence-corrected chi connectivity index (χ2v) is 6.20. The topological polar surface area (TPSA) is 80.6 Å². The molecule has 0 bridgehead atoms.